The topological polar surface area (TPSA) is 70.1 Å². The summed E-state index contributed by atoms with van der Waals surface area (Å²) >= 11 is 0. The summed E-state index contributed by atoms with van der Waals surface area (Å²) in [5.41, 5.74) is 3.31. The van der Waals surface area contributed by atoms with Gasteiger partial charge >= 0.3 is 0 Å². The molecule has 1 amide bonds. The second-order valence-corrected chi connectivity index (χ2v) is 8.54. The summed E-state index contributed by atoms with van der Waals surface area (Å²) < 4.78 is 5.73. The fraction of sp³-hybridized carbons (Fsp3) is 0.385. The van der Waals surface area contributed by atoms with Gasteiger partial charge in [-0.15, -0.1) is 0 Å². The Morgan fingerprint density at radius 3 is 2.50 bits per heavy atom. The van der Waals surface area contributed by atoms with Crippen LogP contribution < -0.4 is 4.74 Å². The average Bonchev–Trinajstić information content (AvgIpc) is 3.01. The maximum absolute atomic E-state index is 13.1. The van der Waals surface area contributed by atoms with Gasteiger partial charge in [-0.25, -0.2) is 0 Å². The van der Waals surface area contributed by atoms with Gasteiger partial charge < -0.3 is 19.6 Å². The van der Waals surface area contributed by atoms with Crippen LogP contribution in [0.2, 0.25) is 0 Å². The predicted octanol–water partition coefficient (Wildman–Crippen LogP) is 4.08. The molecular weight excluding hydrogens is 404 g/mol. The van der Waals surface area contributed by atoms with E-state index in [1.54, 1.807) is 23.1 Å². The number of ether oxygens (including phenoxy) is 1. The number of amides is 1. The zero-order valence-electron chi connectivity index (χ0n) is 19.5. The largest absolute Gasteiger partial charge is 0.507 e. The molecule has 1 fully saturated rings. The van der Waals surface area contributed by atoms with Gasteiger partial charge in [0.05, 0.1) is 18.2 Å². The third kappa shape index (κ3) is 4.86. The number of hydrogen-bond donors (Lipinski definition) is 1. The Balaban J connectivity index is 2.10. The van der Waals surface area contributed by atoms with Crippen LogP contribution in [0.25, 0.3) is 5.76 Å². The second kappa shape index (κ2) is 10.0. The van der Waals surface area contributed by atoms with Gasteiger partial charge in [-0.2, -0.15) is 0 Å². The molecule has 1 saturated heterocycles. The van der Waals surface area contributed by atoms with Crippen LogP contribution in [0.15, 0.2) is 48.0 Å². The number of carbonyl (C=O) groups is 2. The highest BCUT2D eigenvalue weighted by Gasteiger charge is 2.45. The van der Waals surface area contributed by atoms with E-state index in [2.05, 4.69) is 0 Å². The number of benzene rings is 2. The van der Waals surface area contributed by atoms with Gasteiger partial charge in [-0.05, 0) is 63.7 Å². The number of rotatable bonds is 8. The number of hydrogen-bond acceptors (Lipinski definition) is 5. The van der Waals surface area contributed by atoms with Crippen molar-refractivity contribution in [3.05, 3.63) is 70.3 Å². The van der Waals surface area contributed by atoms with Gasteiger partial charge in [0.15, 0.2) is 0 Å². The first-order valence-corrected chi connectivity index (χ1v) is 11.0. The van der Waals surface area contributed by atoms with E-state index in [1.807, 2.05) is 64.0 Å². The molecule has 3 rings (SSSR count). The number of aryl methyl sites for hydroxylation is 2. The first-order chi connectivity index (χ1) is 15.2. The molecule has 1 unspecified atom stereocenters. The van der Waals surface area contributed by atoms with Crippen LogP contribution >= 0.6 is 0 Å². The number of likely N-dealkylation sites (N-methyl/N-ethyl adjacent to an activating group) is 1. The van der Waals surface area contributed by atoms with Crippen molar-refractivity contribution in [1.29, 1.82) is 0 Å². The van der Waals surface area contributed by atoms with Crippen LogP contribution in [0, 0.1) is 13.8 Å². The van der Waals surface area contributed by atoms with Crippen LogP contribution in [-0.4, -0.2) is 60.4 Å². The molecule has 6 nitrogen and oxygen atoms in total. The van der Waals surface area contributed by atoms with Crippen LogP contribution in [-0.2, 0) is 9.59 Å². The molecule has 1 aliphatic heterocycles. The zero-order chi connectivity index (χ0) is 23.4. The minimum absolute atomic E-state index is 0.126. The SMILES string of the molecule is CCCOc1ccc(/C(O)=C2/C(=O)C(=O)N(CCN(C)C)C2c2cccc(C)c2)cc1C. The summed E-state index contributed by atoms with van der Waals surface area (Å²) in [7, 11) is 3.84. The fourth-order valence-electron chi connectivity index (χ4n) is 3.93. The Labute approximate surface area is 190 Å². The van der Waals surface area contributed by atoms with Crippen molar-refractivity contribution >= 4 is 17.4 Å². The molecule has 2 aromatic carbocycles. The van der Waals surface area contributed by atoms with Crippen LogP contribution in [0.5, 0.6) is 5.75 Å². The van der Waals surface area contributed by atoms with Crippen molar-refractivity contribution < 1.29 is 19.4 Å². The Morgan fingerprint density at radius 1 is 1.12 bits per heavy atom. The van der Waals surface area contributed by atoms with Crippen LogP contribution in [0.4, 0.5) is 0 Å². The van der Waals surface area contributed by atoms with Crippen molar-refractivity contribution in [2.45, 2.75) is 33.2 Å². The molecule has 32 heavy (non-hydrogen) atoms. The van der Waals surface area contributed by atoms with Gasteiger partial charge in [0.25, 0.3) is 11.7 Å². The van der Waals surface area contributed by atoms with Gasteiger partial charge in [-0.3, -0.25) is 9.59 Å². The number of nitrogens with zero attached hydrogens (tertiary/aromatic N) is 2. The first kappa shape index (κ1) is 23.5. The van der Waals surface area contributed by atoms with E-state index in [9.17, 15) is 14.7 Å². The Hall–Kier alpha value is -3.12. The summed E-state index contributed by atoms with van der Waals surface area (Å²) in [5, 5.41) is 11.2. The maximum atomic E-state index is 13.1. The minimum Gasteiger partial charge on any atom is -0.507 e. The van der Waals surface area contributed by atoms with E-state index in [4.69, 9.17) is 4.74 Å². The first-order valence-electron chi connectivity index (χ1n) is 11.0. The fourth-order valence-corrected chi connectivity index (χ4v) is 3.93. The highest BCUT2D eigenvalue weighted by Crippen LogP contribution is 2.39. The lowest BCUT2D eigenvalue weighted by Crippen LogP contribution is -2.35. The van der Waals surface area contributed by atoms with E-state index in [-0.39, 0.29) is 11.3 Å². The van der Waals surface area contributed by atoms with Crippen molar-refractivity contribution in [3.8, 4) is 5.75 Å². The number of Topliss-reactive ketones (excluding diaryl/α,β-unsaturated/α-hetero) is 1. The number of aliphatic hydroxyl groups is 1. The average molecular weight is 437 g/mol. The number of aliphatic hydroxyl groups excluding tert-OH is 1. The number of ketones is 1. The lowest BCUT2D eigenvalue weighted by atomic mass is 9.94. The van der Waals surface area contributed by atoms with Crippen LogP contribution in [0.3, 0.4) is 0 Å². The van der Waals surface area contributed by atoms with Crippen molar-refractivity contribution in [2.75, 3.05) is 33.8 Å². The molecule has 0 radical (unpaired) electrons. The molecular formula is C26H32N2O4. The van der Waals surface area contributed by atoms with Crippen molar-refractivity contribution in [3.63, 3.8) is 0 Å². The predicted molar refractivity (Wildman–Crippen MR) is 126 cm³/mol. The third-order valence-corrected chi connectivity index (χ3v) is 5.60. The molecule has 0 bridgehead atoms. The molecule has 1 heterocycles. The Bertz CT molecular complexity index is 1040. The second-order valence-electron chi connectivity index (χ2n) is 8.54. The monoisotopic (exact) mass is 436 g/mol. The van der Waals surface area contributed by atoms with Gasteiger partial charge in [0.2, 0.25) is 0 Å². The van der Waals surface area contributed by atoms with E-state index < -0.39 is 17.7 Å². The molecule has 0 spiro atoms. The van der Waals surface area contributed by atoms with E-state index in [1.165, 1.54) is 0 Å². The summed E-state index contributed by atoms with van der Waals surface area (Å²) in [4.78, 5) is 29.6. The summed E-state index contributed by atoms with van der Waals surface area (Å²) in [6, 6.07) is 12.4. The lowest BCUT2D eigenvalue weighted by molar-refractivity contribution is -0.140. The molecule has 6 heteroatoms. The maximum Gasteiger partial charge on any atom is 0.295 e. The standard InChI is InChI=1S/C26H32N2O4/c1-6-14-32-21-11-10-20(16-18(21)3)24(29)22-23(19-9-7-8-17(2)15-19)28(13-12-27(4)5)26(31)25(22)30/h7-11,15-16,23,29H,6,12-14H2,1-5H3/b24-22-. The van der Waals surface area contributed by atoms with Gasteiger partial charge in [-0.1, -0.05) is 36.8 Å². The van der Waals surface area contributed by atoms with Gasteiger partial charge in [0, 0.05) is 18.7 Å². The molecule has 0 aliphatic carbocycles. The molecule has 1 aliphatic rings. The smallest absolute Gasteiger partial charge is 0.295 e. The summed E-state index contributed by atoms with van der Waals surface area (Å²) in [6.45, 7) is 7.50. The minimum atomic E-state index is -0.656. The zero-order valence-corrected chi connectivity index (χ0v) is 19.5. The van der Waals surface area contributed by atoms with Crippen molar-refractivity contribution in [2.24, 2.45) is 0 Å². The van der Waals surface area contributed by atoms with E-state index in [0.717, 1.165) is 28.9 Å². The molecule has 0 saturated carbocycles. The molecule has 2 aromatic rings. The molecule has 170 valence electrons. The highest BCUT2D eigenvalue weighted by atomic mass is 16.5. The van der Waals surface area contributed by atoms with Crippen molar-refractivity contribution in [1.82, 2.24) is 9.80 Å². The van der Waals surface area contributed by atoms with Gasteiger partial charge in [0.1, 0.15) is 11.5 Å². The molecule has 0 aromatic heterocycles. The highest BCUT2D eigenvalue weighted by molar-refractivity contribution is 6.46. The lowest BCUT2D eigenvalue weighted by Gasteiger charge is -2.26. The Kier molecular flexibility index (Phi) is 7.36. The molecule has 1 N–H and O–H groups in total. The Morgan fingerprint density at radius 2 is 1.88 bits per heavy atom. The number of carbonyl (C=O) groups excluding carboxylic acids is 2. The summed E-state index contributed by atoms with van der Waals surface area (Å²) in [5.74, 6) is -0.659. The summed E-state index contributed by atoms with van der Waals surface area (Å²) in [6.07, 6.45) is 0.897. The molecule has 1 atom stereocenters. The third-order valence-electron chi connectivity index (χ3n) is 5.60. The number of likely N-dealkylation sites (tertiary alicyclic amines) is 1. The van der Waals surface area contributed by atoms with E-state index >= 15 is 0 Å². The van der Waals surface area contributed by atoms with E-state index in [0.29, 0.717) is 25.3 Å². The quantitative estimate of drug-likeness (QED) is 0.384. The normalized spacial score (nSPS) is 17.9. The van der Waals surface area contributed by atoms with Crippen LogP contribution in [0.1, 0.15) is 41.6 Å².